The van der Waals surface area contributed by atoms with Crippen molar-refractivity contribution in [2.75, 3.05) is 20.1 Å². The summed E-state index contributed by atoms with van der Waals surface area (Å²) in [6.45, 7) is 6.41. The van der Waals surface area contributed by atoms with Gasteiger partial charge in [0, 0.05) is 25.6 Å². The zero-order valence-corrected chi connectivity index (χ0v) is 11.5. The molecule has 1 aliphatic heterocycles. The number of hydrogen-bond donors (Lipinski definition) is 1. The summed E-state index contributed by atoms with van der Waals surface area (Å²) in [5.41, 5.74) is 0.332. The quantitative estimate of drug-likeness (QED) is 0.812. The summed E-state index contributed by atoms with van der Waals surface area (Å²) in [6.07, 6.45) is 5.57. The molecule has 1 aliphatic carbocycles. The van der Waals surface area contributed by atoms with Crippen LogP contribution in [-0.2, 0) is 4.79 Å². The van der Waals surface area contributed by atoms with Gasteiger partial charge in [0.1, 0.15) is 0 Å². The van der Waals surface area contributed by atoms with Crippen LogP contribution in [0.5, 0.6) is 0 Å². The molecule has 3 heteroatoms. The van der Waals surface area contributed by atoms with Gasteiger partial charge in [-0.2, -0.15) is 0 Å². The Morgan fingerprint density at radius 1 is 1.41 bits per heavy atom. The normalized spacial score (nSPS) is 26.8. The smallest absolute Gasteiger partial charge is 0.222 e. The molecule has 1 saturated heterocycles. The number of carbonyl (C=O) groups is 1. The SMILES string of the molecule is CNC(CN1CCC(C)(C)CCC1=O)C1CC1. The van der Waals surface area contributed by atoms with E-state index in [9.17, 15) is 4.79 Å². The molecule has 0 bridgehead atoms. The number of likely N-dealkylation sites (N-methyl/N-ethyl adjacent to an activating group) is 1. The van der Waals surface area contributed by atoms with Crippen LogP contribution in [0, 0.1) is 11.3 Å². The zero-order valence-electron chi connectivity index (χ0n) is 11.5. The average Bonchev–Trinajstić information content (AvgIpc) is 3.10. The third-order valence-electron chi connectivity index (χ3n) is 4.41. The molecule has 1 amide bonds. The molecule has 3 nitrogen and oxygen atoms in total. The van der Waals surface area contributed by atoms with Crippen molar-refractivity contribution in [1.29, 1.82) is 0 Å². The van der Waals surface area contributed by atoms with Crippen molar-refractivity contribution in [2.24, 2.45) is 11.3 Å². The largest absolute Gasteiger partial charge is 0.341 e. The molecule has 2 rings (SSSR count). The number of carbonyl (C=O) groups excluding carboxylic acids is 1. The molecule has 0 aromatic rings. The lowest BCUT2D eigenvalue weighted by atomic mass is 9.85. The number of amides is 1. The molecule has 98 valence electrons. The molecule has 2 fully saturated rings. The summed E-state index contributed by atoms with van der Waals surface area (Å²) in [6, 6.07) is 0.514. The lowest BCUT2D eigenvalue weighted by Gasteiger charge is -2.27. The Hall–Kier alpha value is -0.570. The van der Waals surface area contributed by atoms with E-state index in [1.54, 1.807) is 0 Å². The summed E-state index contributed by atoms with van der Waals surface area (Å²) >= 11 is 0. The van der Waals surface area contributed by atoms with Crippen LogP contribution < -0.4 is 5.32 Å². The Kier molecular flexibility index (Phi) is 3.76. The monoisotopic (exact) mass is 238 g/mol. The highest BCUT2D eigenvalue weighted by atomic mass is 16.2. The number of nitrogens with one attached hydrogen (secondary N) is 1. The van der Waals surface area contributed by atoms with Crippen LogP contribution in [0.2, 0.25) is 0 Å². The van der Waals surface area contributed by atoms with E-state index in [0.29, 0.717) is 17.4 Å². The van der Waals surface area contributed by atoms with Gasteiger partial charge in [-0.1, -0.05) is 13.8 Å². The number of likely N-dealkylation sites (tertiary alicyclic amines) is 1. The first kappa shape index (κ1) is 12.9. The summed E-state index contributed by atoms with van der Waals surface area (Å²) in [4.78, 5) is 14.2. The first-order chi connectivity index (χ1) is 8.02. The van der Waals surface area contributed by atoms with Gasteiger partial charge in [-0.3, -0.25) is 4.79 Å². The zero-order chi connectivity index (χ0) is 12.5. The first-order valence-electron chi connectivity index (χ1n) is 6.97. The molecule has 0 aromatic heterocycles. The van der Waals surface area contributed by atoms with Gasteiger partial charge < -0.3 is 10.2 Å². The second kappa shape index (κ2) is 4.97. The Labute approximate surface area is 105 Å². The molecular formula is C14H26N2O. The van der Waals surface area contributed by atoms with E-state index in [-0.39, 0.29) is 0 Å². The molecule has 2 aliphatic rings. The lowest BCUT2D eigenvalue weighted by molar-refractivity contribution is -0.131. The van der Waals surface area contributed by atoms with E-state index in [2.05, 4.69) is 24.1 Å². The highest BCUT2D eigenvalue weighted by Crippen LogP contribution is 2.34. The van der Waals surface area contributed by atoms with E-state index in [1.165, 1.54) is 12.8 Å². The summed E-state index contributed by atoms with van der Waals surface area (Å²) in [5.74, 6) is 1.17. The van der Waals surface area contributed by atoms with E-state index >= 15 is 0 Å². The van der Waals surface area contributed by atoms with E-state index in [4.69, 9.17) is 0 Å². The van der Waals surface area contributed by atoms with Crippen molar-refractivity contribution in [1.82, 2.24) is 10.2 Å². The van der Waals surface area contributed by atoms with Gasteiger partial charge in [-0.05, 0) is 44.1 Å². The van der Waals surface area contributed by atoms with Crippen molar-refractivity contribution in [3.63, 3.8) is 0 Å². The van der Waals surface area contributed by atoms with Crippen LogP contribution in [0.4, 0.5) is 0 Å². The van der Waals surface area contributed by atoms with Gasteiger partial charge in [0.05, 0.1) is 0 Å². The summed E-state index contributed by atoms with van der Waals surface area (Å²) in [5, 5.41) is 3.38. The number of hydrogen-bond acceptors (Lipinski definition) is 2. The minimum Gasteiger partial charge on any atom is -0.341 e. The van der Waals surface area contributed by atoms with Crippen molar-refractivity contribution in [3.8, 4) is 0 Å². The molecule has 0 radical (unpaired) electrons. The maximum atomic E-state index is 12.1. The fourth-order valence-corrected chi connectivity index (χ4v) is 2.70. The number of rotatable bonds is 4. The van der Waals surface area contributed by atoms with E-state index in [0.717, 1.165) is 38.3 Å². The second-order valence-electron chi connectivity index (χ2n) is 6.49. The Bertz CT molecular complexity index is 284. The minimum absolute atomic E-state index is 0.332. The van der Waals surface area contributed by atoms with Gasteiger partial charge in [0.25, 0.3) is 0 Å². The summed E-state index contributed by atoms with van der Waals surface area (Å²) in [7, 11) is 2.02. The third kappa shape index (κ3) is 3.44. The maximum Gasteiger partial charge on any atom is 0.222 e. The van der Waals surface area contributed by atoms with Crippen LogP contribution in [0.25, 0.3) is 0 Å². The maximum absolute atomic E-state index is 12.1. The first-order valence-corrected chi connectivity index (χ1v) is 6.97. The molecule has 1 heterocycles. The third-order valence-corrected chi connectivity index (χ3v) is 4.41. The van der Waals surface area contributed by atoms with Gasteiger partial charge in [-0.15, -0.1) is 0 Å². The van der Waals surface area contributed by atoms with Crippen molar-refractivity contribution in [2.45, 2.75) is 52.0 Å². The highest BCUT2D eigenvalue weighted by Gasteiger charge is 2.34. The molecule has 1 atom stereocenters. The van der Waals surface area contributed by atoms with Crippen LogP contribution in [0.15, 0.2) is 0 Å². The molecule has 1 saturated carbocycles. The molecule has 1 N–H and O–H groups in total. The Morgan fingerprint density at radius 3 is 2.71 bits per heavy atom. The average molecular weight is 238 g/mol. The Balaban J connectivity index is 1.92. The number of nitrogens with zero attached hydrogens (tertiary/aromatic N) is 1. The van der Waals surface area contributed by atoms with E-state index in [1.807, 2.05) is 7.05 Å². The molecule has 1 unspecified atom stereocenters. The lowest BCUT2D eigenvalue weighted by Crippen LogP contribution is -2.43. The van der Waals surface area contributed by atoms with Crippen LogP contribution in [0.1, 0.15) is 46.0 Å². The highest BCUT2D eigenvalue weighted by molar-refractivity contribution is 5.76. The fraction of sp³-hybridized carbons (Fsp3) is 0.929. The van der Waals surface area contributed by atoms with Gasteiger partial charge >= 0.3 is 0 Å². The molecule has 0 spiro atoms. The molecule has 0 aromatic carbocycles. The molecule has 17 heavy (non-hydrogen) atoms. The summed E-state index contributed by atoms with van der Waals surface area (Å²) < 4.78 is 0. The van der Waals surface area contributed by atoms with Crippen molar-refractivity contribution in [3.05, 3.63) is 0 Å². The minimum atomic E-state index is 0.332. The predicted octanol–water partition coefficient (Wildman–Crippen LogP) is 2.02. The van der Waals surface area contributed by atoms with Gasteiger partial charge in [0.2, 0.25) is 5.91 Å². The van der Waals surface area contributed by atoms with Crippen LogP contribution >= 0.6 is 0 Å². The van der Waals surface area contributed by atoms with Crippen LogP contribution in [0.3, 0.4) is 0 Å². The Morgan fingerprint density at radius 2 is 2.12 bits per heavy atom. The second-order valence-corrected chi connectivity index (χ2v) is 6.49. The fourth-order valence-electron chi connectivity index (χ4n) is 2.70. The van der Waals surface area contributed by atoms with Crippen molar-refractivity contribution >= 4 is 5.91 Å². The predicted molar refractivity (Wildman–Crippen MR) is 69.8 cm³/mol. The molecular weight excluding hydrogens is 212 g/mol. The van der Waals surface area contributed by atoms with Crippen LogP contribution in [-0.4, -0.2) is 37.0 Å². The van der Waals surface area contributed by atoms with Gasteiger partial charge in [0.15, 0.2) is 0 Å². The van der Waals surface area contributed by atoms with E-state index < -0.39 is 0 Å². The topological polar surface area (TPSA) is 32.3 Å². The standard InChI is InChI=1S/C14H26N2O/c1-14(2)7-6-13(17)16(9-8-14)10-12(15-3)11-4-5-11/h11-12,15H,4-10H2,1-3H3. The van der Waals surface area contributed by atoms with Gasteiger partial charge in [-0.25, -0.2) is 0 Å². The van der Waals surface area contributed by atoms with Crippen molar-refractivity contribution < 1.29 is 4.79 Å².